The SMILES string of the molecule is CC1(C)C(C=C(Cl)Cl)C1(C(=O)O)c1[nH]cnc1C(N)=O. The van der Waals surface area contributed by atoms with E-state index < -0.39 is 28.6 Å². The van der Waals surface area contributed by atoms with Crippen LogP contribution < -0.4 is 5.73 Å². The molecule has 1 aromatic heterocycles. The Morgan fingerprint density at radius 3 is 2.55 bits per heavy atom. The van der Waals surface area contributed by atoms with Crippen molar-refractivity contribution < 1.29 is 14.7 Å². The van der Waals surface area contributed by atoms with Crippen LogP contribution in [0, 0.1) is 11.3 Å². The number of primary amides is 1. The van der Waals surface area contributed by atoms with Gasteiger partial charge in [0.25, 0.3) is 5.91 Å². The summed E-state index contributed by atoms with van der Waals surface area (Å²) in [5, 5.41) is 9.69. The first-order chi connectivity index (χ1) is 9.17. The second-order valence-electron chi connectivity index (χ2n) is 5.26. The van der Waals surface area contributed by atoms with Crippen LogP contribution in [-0.4, -0.2) is 27.0 Å². The molecule has 1 amide bonds. The molecule has 0 aliphatic heterocycles. The van der Waals surface area contributed by atoms with Crippen molar-refractivity contribution >= 4 is 35.1 Å². The molecule has 0 spiro atoms. The number of aromatic nitrogens is 2. The molecular formula is C12H13Cl2N3O3. The molecule has 4 N–H and O–H groups in total. The van der Waals surface area contributed by atoms with Crippen molar-refractivity contribution in [3.8, 4) is 0 Å². The van der Waals surface area contributed by atoms with Gasteiger partial charge in [-0.1, -0.05) is 37.0 Å². The fourth-order valence-electron chi connectivity index (χ4n) is 3.04. The van der Waals surface area contributed by atoms with Gasteiger partial charge in [-0.15, -0.1) is 0 Å². The second kappa shape index (κ2) is 4.49. The van der Waals surface area contributed by atoms with Gasteiger partial charge in [0.1, 0.15) is 15.6 Å². The number of rotatable bonds is 4. The Morgan fingerprint density at radius 1 is 1.50 bits per heavy atom. The van der Waals surface area contributed by atoms with Gasteiger partial charge >= 0.3 is 5.97 Å². The minimum absolute atomic E-state index is 0.0219. The van der Waals surface area contributed by atoms with Crippen LogP contribution >= 0.6 is 23.2 Å². The Labute approximate surface area is 125 Å². The molecule has 108 valence electrons. The first-order valence-electron chi connectivity index (χ1n) is 5.77. The van der Waals surface area contributed by atoms with Gasteiger partial charge in [-0.05, 0) is 11.5 Å². The van der Waals surface area contributed by atoms with Crippen molar-refractivity contribution in [3.63, 3.8) is 0 Å². The number of hydrogen-bond acceptors (Lipinski definition) is 3. The summed E-state index contributed by atoms with van der Waals surface area (Å²) in [5.41, 5.74) is 3.29. The van der Waals surface area contributed by atoms with E-state index in [1.54, 1.807) is 13.8 Å². The third-order valence-corrected chi connectivity index (χ3v) is 4.33. The number of carbonyl (C=O) groups is 2. The highest BCUT2D eigenvalue weighted by Crippen LogP contribution is 2.70. The van der Waals surface area contributed by atoms with Crippen LogP contribution in [0.25, 0.3) is 0 Å². The van der Waals surface area contributed by atoms with Crippen LogP contribution in [0.3, 0.4) is 0 Å². The van der Waals surface area contributed by atoms with Gasteiger partial charge in [-0.2, -0.15) is 0 Å². The predicted molar refractivity (Wildman–Crippen MR) is 73.5 cm³/mol. The van der Waals surface area contributed by atoms with Gasteiger partial charge in [0, 0.05) is 5.92 Å². The smallest absolute Gasteiger partial charge is 0.316 e. The van der Waals surface area contributed by atoms with Gasteiger partial charge in [-0.25, -0.2) is 4.98 Å². The molecule has 20 heavy (non-hydrogen) atoms. The first-order valence-corrected chi connectivity index (χ1v) is 6.52. The minimum atomic E-state index is -1.36. The molecule has 0 radical (unpaired) electrons. The molecule has 0 saturated heterocycles. The van der Waals surface area contributed by atoms with E-state index in [4.69, 9.17) is 28.9 Å². The van der Waals surface area contributed by atoms with E-state index >= 15 is 0 Å². The number of nitrogens with zero attached hydrogens (tertiary/aromatic N) is 1. The van der Waals surface area contributed by atoms with E-state index in [0.29, 0.717) is 0 Å². The lowest BCUT2D eigenvalue weighted by atomic mass is 9.90. The summed E-state index contributed by atoms with van der Waals surface area (Å²) >= 11 is 11.3. The Hall–Kier alpha value is -1.53. The van der Waals surface area contributed by atoms with E-state index in [1.807, 2.05) is 0 Å². The lowest BCUT2D eigenvalue weighted by molar-refractivity contribution is -0.141. The number of carbonyl (C=O) groups excluding carboxylic acids is 1. The van der Waals surface area contributed by atoms with Crippen molar-refractivity contribution in [1.29, 1.82) is 0 Å². The van der Waals surface area contributed by atoms with E-state index in [0.717, 1.165) is 0 Å². The third-order valence-electron chi connectivity index (χ3n) is 4.07. The van der Waals surface area contributed by atoms with Crippen LogP contribution in [-0.2, 0) is 10.2 Å². The second-order valence-corrected chi connectivity index (χ2v) is 6.27. The normalized spacial score (nSPS) is 26.9. The highest BCUT2D eigenvalue weighted by atomic mass is 35.5. The number of nitrogens with one attached hydrogen (secondary N) is 1. The number of hydrogen-bond donors (Lipinski definition) is 3. The molecule has 1 aliphatic carbocycles. The van der Waals surface area contributed by atoms with E-state index in [1.165, 1.54) is 12.4 Å². The largest absolute Gasteiger partial charge is 0.481 e. The van der Waals surface area contributed by atoms with E-state index in [-0.39, 0.29) is 15.9 Å². The number of allylic oxidation sites excluding steroid dienone is 1. The summed E-state index contributed by atoms with van der Waals surface area (Å²) in [6.45, 7) is 3.51. The summed E-state index contributed by atoms with van der Waals surface area (Å²) in [7, 11) is 0. The monoisotopic (exact) mass is 317 g/mol. The zero-order chi connectivity index (χ0) is 15.3. The van der Waals surface area contributed by atoms with Gasteiger partial charge in [-0.3, -0.25) is 9.59 Å². The zero-order valence-corrected chi connectivity index (χ0v) is 12.3. The van der Waals surface area contributed by atoms with E-state index in [2.05, 4.69) is 9.97 Å². The molecule has 8 heteroatoms. The van der Waals surface area contributed by atoms with Crippen molar-refractivity contribution in [3.05, 3.63) is 28.3 Å². The summed E-state index contributed by atoms with van der Waals surface area (Å²) in [4.78, 5) is 29.8. The van der Waals surface area contributed by atoms with Crippen molar-refractivity contribution in [2.75, 3.05) is 0 Å². The molecule has 2 unspecified atom stereocenters. The number of aliphatic carboxylic acids is 1. The van der Waals surface area contributed by atoms with Crippen LogP contribution in [0.5, 0.6) is 0 Å². The number of halogens is 2. The molecule has 0 bridgehead atoms. The lowest BCUT2D eigenvalue weighted by Crippen LogP contribution is -2.30. The van der Waals surface area contributed by atoms with Crippen molar-refractivity contribution in [2.45, 2.75) is 19.3 Å². The molecule has 1 fully saturated rings. The summed E-state index contributed by atoms with van der Waals surface area (Å²) < 4.78 is -0.0219. The number of amides is 1. The Kier molecular flexibility index (Phi) is 3.34. The predicted octanol–water partition coefficient (Wildman–Crippen LogP) is 1.81. The average molecular weight is 318 g/mol. The Bertz CT molecular complexity index is 619. The summed E-state index contributed by atoms with van der Waals surface area (Å²) in [6.07, 6.45) is 2.71. The molecule has 1 heterocycles. The average Bonchev–Trinajstić information content (AvgIpc) is 2.65. The number of aromatic amines is 1. The Balaban J connectivity index is 2.65. The number of carboxylic acids is 1. The lowest BCUT2D eigenvalue weighted by Gasteiger charge is -2.14. The fourth-order valence-corrected chi connectivity index (χ4v) is 3.29. The number of H-pyrrole nitrogens is 1. The maximum absolute atomic E-state index is 11.8. The Morgan fingerprint density at radius 2 is 2.10 bits per heavy atom. The van der Waals surface area contributed by atoms with Gasteiger partial charge in [0.2, 0.25) is 0 Å². The fraction of sp³-hybridized carbons (Fsp3) is 0.417. The molecule has 6 nitrogen and oxygen atoms in total. The number of imidazole rings is 1. The molecule has 2 atom stereocenters. The van der Waals surface area contributed by atoms with Gasteiger partial charge < -0.3 is 15.8 Å². The van der Waals surface area contributed by atoms with Gasteiger partial charge in [0.15, 0.2) is 0 Å². The molecule has 1 aromatic rings. The first kappa shape index (κ1) is 14.9. The highest BCUT2D eigenvalue weighted by molar-refractivity contribution is 6.55. The van der Waals surface area contributed by atoms with Crippen molar-refractivity contribution in [2.24, 2.45) is 17.1 Å². The highest BCUT2D eigenvalue weighted by Gasteiger charge is 2.77. The quantitative estimate of drug-likeness (QED) is 0.786. The van der Waals surface area contributed by atoms with Crippen LogP contribution in [0.15, 0.2) is 16.9 Å². The molecular weight excluding hydrogens is 305 g/mol. The van der Waals surface area contributed by atoms with Crippen LogP contribution in [0.1, 0.15) is 30.0 Å². The maximum Gasteiger partial charge on any atom is 0.316 e. The minimum Gasteiger partial charge on any atom is -0.481 e. The third kappa shape index (κ3) is 1.75. The van der Waals surface area contributed by atoms with Crippen LogP contribution in [0.2, 0.25) is 0 Å². The summed E-state index contributed by atoms with van der Waals surface area (Å²) in [5.74, 6) is -2.36. The number of nitrogens with two attached hydrogens (primary N) is 1. The molecule has 0 aromatic carbocycles. The maximum atomic E-state index is 11.8. The van der Waals surface area contributed by atoms with Gasteiger partial charge in [0.05, 0.1) is 12.0 Å². The summed E-state index contributed by atoms with van der Waals surface area (Å²) in [6, 6.07) is 0. The van der Waals surface area contributed by atoms with Crippen molar-refractivity contribution in [1.82, 2.24) is 9.97 Å². The molecule has 1 saturated carbocycles. The zero-order valence-electron chi connectivity index (χ0n) is 10.8. The molecule has 1 aliphatic rings. The standard InChI is InChI=1S/C12H13Cl2N3O3/c1-11(2)5(3-6(13)14)12(11,10(19)20)8-7(9(15)18)16-4-17-8/h3-5H,1-2H3,(H2,15,18)(H,16,17)(H,19,20). The van der Waals surface area contributed by atoms with E-state index in [9.17, 15) is 14.7 Å². The molecule has 2 rings (SSSR count). The number of carboxylic acid groups (broad SMARTS) is 1. The van der Waals surface area contributed by atoms with Crippen LogP contribution in [0.4, 0.5) is 0 Å². The topological polar surface area (TPSA) is 109 Å².